The lowest BCUT2D eigenvalue weighted by Gasteiger charge is -2.09. The zero-order valence-corrected chi connectivity index (χ0v) is 18.0. The molecule has 0 radical (unpaired) electrons. The fourth-order valence-electron chi connectivity index (χ4n) is 2.56. The maximum Gasteiger partial charge on any atom is 0.276 e. The van der Waals surface area contributed by atoms with Crippen molar-refractivity contribution in [3.8, 4) is 23.0 Å². The SMILES string of the molecule is COc1ccc(OCc2ccc(/C=N\NS(=O)(=O)c3ccc(OC)c(OC)c3)o2)cc1. The second kappa shape index (κ2) is 9.90. The molecule has 164 valence electrons. The van der Waals surface area contributed by atoms with Gasteiger partial charge in [-0.05, 0) is 48.5 Å². The number of benzene rings is 2. The third-order valence-corrected chi connectivity index (χ3v) is 5.37. The Labute approximate surface area is 180 Å². The summed E-state index contributed by atoms with van der Waals surface area (Å²) >= 11 is 0. The van der Waals surface area contributed by atoms with Crippen LogP contribution in [0, 0.1) is 0 Å². The topological polar surface area (TPSA) is 109 Å². The number of sulfonamides is 1. The molecule has 0 unspecified atom stereocenters. The molecule has 3 aromatic rings. The highest BCUT2D eigenvalue weighted by molar-refractivity contribution is 7.89. The largest absolute Gasteiger partial charge is 0.497 e. The second-order valence-electron chi connectivity index (χ2n) is 6.14. The summed E-state index contributed by atoms with van der Waals surface area (Å²) in [7, 11) is 0.589. The van der Waals surface area contributed by atoms with Gasteiger partial charge in [-0.1, -0.05) is 0 Å². The van der Waals surface area contributed by atoms with Crippen LogP contribution in [0.3, 0.4) is 0 Å². The number of nitrogens with one attached hydrogen (secondary N) is 1. The first kappa shape index (κ1) is 22.0. The molecule has 0 aliphatic heterocycles. The van der Waals surface area contributed by atoms with Gasteiger partial charge in [-0.25, -0.2) is 0 Å². The highest BCUT2D eigenvalue weighted by Crippen LogP contribution is 2.29. The van der Waals surface area contributed by atoms with Crippen molar-refractivity contribution in [2.45, 2.75) is 11.5 Å². The van der Waals surface area contributed by atoms with Crippen LogP contribution in [-0.4, -0.2) is 36.0 Å². The molecular weight excluding hydrogens is 424 g/mol. The lowest BCUT2D eigenvalue weighted by atomic mass is 10.3. The van der Waals surface area contributed by atoms with Crippen molar-refractivity contribution in [1.29, 1.82) is 0 Å². The van der Waals surface area contributed by atoms with Crippen LogP contribution < -0.4 is 23.8 Å². The Morgan fingerprint density at radius 3 is 2.29 bits per heavy atom. The van der Waals surface area contributed by atoms with E-state index in [1.807, 2.05) is 0 Å². The lowest BCUT2D eigenvalue weighted by molar-refractivity contribution is 0.269. The number of hydrogen-bond donors (Lipinski definition) is 1. The van der Waals surface area contributed by atoms with Gasteiger partial charge in [0.25, 0.3) is 10.0 Å². The molecule has 0 atom stereocenters. The molecule has 0 saturated heterocycles. The summed E-state index contributed by atoms with van der Waals surface area (Å²) in [5, 5.41) is 3.75. The third-order valence-electron chi connectivity index (χ3n) is 4.15. The predicted molar refractivity (Wildman–Crippen MR) is 113 cm³/mol. The molecule has 0 amide bonds. The summed E-state index contributed by atoms with van der Waals surface area (Å²) in [5.74, 6) is 3.03. The zero-order valence-electron chi connectivity index (χ0n) is 17.2. The van der Waals surface area contributed by atoms with Crippen LogP contribution in [0.1, 0.15) is 11.5 Å². The Kier molecular flexibility index (Phi) is 7.03. The van der Waals surface area contributed by atoms with Gasteiger partial charge in [0.05, 0.1) is 32.4 Å². The van der Waals surface area contributed by atoms with Gasteiger partial charge in [-0.3, -0.25) is 0 Å². The quantitative estimate of drug-likeness (QED) is 0.376. The summed E-state index contributed by atoms with van der Waals surface area (Å²) in [4.78, 5) is 2.11. The van der Waals surface area contributed by atoms with Crippen LogP contribution in [-0.2, 0) is 16.6 Å². The van der Waals surface area contributed by atoms with E-state index in [2.05, 4.69) is 9.93 Å². The molecule has 31 heavy (non-hydrogen) atoms. The average molecular weight is 446 g/mol. The van der Waals surface area contributed by atoms with Crippen LogP contribution in [0.25, 0.3) is 0 Å². The summed E-state index contributed by atoms with van der Waals surface area (Å²) in [6, 6.07) is 14.8. The minimum atomic E-state index is -3.89. The van der Waals surface area contributed by atoms with Gasteiger partial charge in [-0.2, -0.15) is 18.4 Å². The average Bonchev–Trinajstić information content (AvgIpc) is 3.25. The summed E-state index contributed by atoms with van der Waals surface area (Å²) in [5.41, 5.74) is 0. The van der Waals surface area contributed by atoms with Crippen molar-refractivity contribution in [3.05, 3.63) is 66.1 Å². The second-order valence-corrected chi connectivity index (χ2v) is 7.80. The van der Waals surface area contributed by atoms with Gasteiger partial charge in [0.1, 0.15) is 29.6 Å². The maximum absolute atomic E-state index is 12.4. The third kappa shape index (κ3) is 5.70. The molecule has 0 spiro atoms. The minimum Gasteiger partial charge on any atom is -0.497 e. The first-order valence-corrected chi connectivity index (χ1v) is 10.6. The smallest absolute Gasteiger partial charge is 0.276 e. The molecule has 0 aliphatic rings. The van der Waals surface area contributed by atoms with Crippen LogP contribution in [0.15, 0.2) is 69.0 Å². The van der Waals surface area contributed by atoms with Crippen LogP contribution in [0.5, 0.6) is 23.0 Å². The monoisotopic (exact) mass is 446 g/mol. The zero-order chi connectivity index (χ0) is 22.3. The molecule has 9 nitrogen and oxygen atoms in total. The van der Waals surface area contributed by atoms with Crippen molar-refractivity contribution in [3.63, 3.8) is 0 Å². The normalized spacial score (nSPS) is 11.3. The number of furan rings is 1. The van der Waals surface area contributed by atoms with E-state index in [0.717, 1.165) is 5.75 Å². The fraction of sp³-hybridized carbons (Fsp3) is 0.190. The molecule has 0 aliphatic carbocycles. The number of ether oxygens (including phenoxy) is 4. The van der Waals surface area contributed by atoms with Crippen LogP contribution in [0.2, 0.25) is 0 Å². The number of methoxy groups -OCH3 is 3. The van der Waals surface area contributed by atoms with Crippen LogP contribution >= 0.6 is 0 Å². The standard InChI is InChI=1S/C21H22N2O7S/c1-26-15-4-6-16(7-5-15)29-14-18-9-8-17(30-18)13-22-23-31(24,25)19-10-11-20(27-2)21(12-19)28-3/h4-13,23H,14H2,1-3H3/b22-13-. The highest BCUT2D eigenvalue weighted by atomic mass is 32.2. The first-order valence-electron chi connectivity index (χ1n) is 9.07. The highest BCUT2D eigenvalue weighted by Gasteiger charge is 2.16. The molecule has 2 aromatic carbocycles. The lowest BCUT2D eigenvalue weighted by Crippen LogP contribution is -2.18. The van der Waals surface area contributed by atoms with Gasteiger partial charge >= 0.3 is 0 Å². The van der Waals surface area contributed by atoms with E-state index in [1.54, 1.807) is 43.5 Å². The van der Waals surface area contributed by atoms with E-state index >= 15 is 0 Å². The van der Waals surface area contributed by atoms with Gasteiger partial charge in [0, 0.05) is 6.07 Å². The van der Waals surface area contributed by atoms with Crippen molar-refractivity contribution in [1.82, 2.24) is 4.83 Å². The van der Waals surface area contributed by atoms with E-state index in [9.17, 15) is 8.42 Å². The van der Waals surface area contributed by atoms with Gasteiger partial charge in [0.15, 0.2) is 11.5 Å². The fourth-order valence-corrected chi connectivity index (χ4v) is 3.37. The predicted octanol–water partition coefficient (Wildman–Crippen LogP) is 3.20. The Bertz CT molecular complexity index is 1140. The molecule has 1 N–H and O–H groups in total. The van der Waals surface area contributed by atoms with Crippen molar-refractivity contribution >= 4 is 16.2 Å². The van der Waals surface area contributed by atoms with E-state index in [1.165, 1.54) is 38.6 Å². The molecular formula is C21H22N2O7S. The van der Waals surface area contributed by atoms with Crippen molar-refractivity contribution in [2.75, 3.05) is 21.3 Å². The van der Waals surface area contributed by atoms with Crippen molar-refractivity contribution < 1.29 is 31.8 Å². The summed E-state index contributed by atoms with van der Waals surface area (Å²) in [6.07, 6.45) is 1.26. The van der Waals surface area contributed by atoms with Gasteiger partial charge in [-0.15, -0.1) is 0 Å². The van der Waals surface area contributed by atoms with E-state index in [0.29, 0.717) is 28.8 Å². The molecule has 10 heteroatoms. The maximum atomic E-state index is 12.4. The molecule has 1 heterocycles. The van der Waals surface area contributed by atoms with E-state index < -0.39 is 10.0 Å². The van der Waals surface area contributed by atoms with Crippen molar-refractivity contribution in [2.24, 2.45) is 5.10 Å². The Morgan fingerprint density at radius 1 is 0.903 bits per heavy atom. The number of nitrogens with zero attached hydrogens (tertiary/aromatic N) is 1. The molecule has 1 aromatic heterocycles. The summed E-state index contributed by atoms with van der Waals surface area (Å²) in [6.45, 7) is 0.206. The Balaban J connectivity index is 1.59. The first-order chi connectivity index (χ1) is 14.9. The van der Waals surface area contributed by atoms with Gasteiger partial charge in [0.2, 0.25) is 0 Å². The van der Waals surface area contributed by atoms with E-state index in [-0.39, 0.29) is 11.5 Å². The van der Waals surface area contributed by atoms with Gasteiger partial charge < -0.3 is 23.4 Å². The molecule has 3 rings (SSSR count). The number of hydrogen-bond acceptors (Lipinski definition) is 8. The van der Waals surface area contributed by atoms with Crippen LogP contribution in [0.4, 0.5) is 0 Å². The van der Waals surface area contributed by atoms with E-state index in [4.69, 9.17) is 23.4 Å². The molecule has 0 fully saturated rings. The minimum absolute atomic E-state index is 0.0182. The summed E-state index contributed by atoms with van der Waals surface area (Å²) < 4.78 is 51.4. The molecule has 0 saturated carbocycles. The number of rotatable bonds is 10. The number of hydrazone groups is 1. The Morgan fingerprint density at radius 2 is 1.61 bits per heavy atom. The Hall–Kier alpha value is -3.66. The molecule has 0 bridgehead atoms.